The predicted molar refractivity (Wildman–Crippen MR) is 87.1 cm³/mol. The van der Waals surface area contributed by atoms with Crippen molar-refractivity contribution >= 4 is 17.7 Å². The van der Waals surface area contributed by atoms with Gasteiger partial charge >= 0.3 is 6.09 Å². The molecule has 23 heavy (non-hydrogen) atoms. The Kier molecular flexibility index (Phi) is 5.58. The molecule has 0 aliphatic carbocycles. The Hall–Kier alpha value is -3.01. The third-order valence-corrected chi connectivity index (χ3v) is 3.36. The van der Waals surface area contributed by atoms with Gasteiger partial charge in [0.25, 0.3) is 0 Å². The molecule has 0 fully saturated rings. The number of carbonyl (C=O) groups is 1. The molecule has 2 aromatic rings. The summed E-state index contributed by atoms with van der Waals surface area (Å²) in [5, 5.41) is 18.6. The van der Waals surface area contributed by atoms with Crippen LogP contribution < -0.4 is 10.2 Å². The lowest BCUT2D eigenvalue weighted by atomic mass is 10.2. The van der Waals surface area contributed by atoms with Gasteiger partial charge in [-0.05, 0) is 19.4 Å². The number of benzene rings is 1. The van der Waals surface area contributed by atoms with E-state index in [1.54, 1.807) is 0 Å². The molecule has 1 aromatic carbocycles. The number of amides is 1. The van der Waals surface area contributed by atoms with E-state index in [1.807, 2.05) is 49.1 Å². The van der Waals surface area contributed by atoms with Gasteiger partial charge in [-0.25, -0.2) is 4.79 Å². The number of H-pyrrole nitrogens is 1. The predicted octanol–water partition coefficient (Wildman–Crippen LogP) is 2.88. The van der Waals surface area contributed by atoms with Crippen molar-refractivity contribution in [2.24, 2.45) is 0 Å². The summed E-state index contributed by atoms with van der Waals surface area (Å²) in [5.41, 5.74) is 1.18. The molecular weight excluding hydrogens is 294 g/mol. The Bertz CT molecular complexity index is 686. The quantitative estimate of drug-likeness (QED) is 0.855. The zero-order valence-electron chi connectivity index (χ0n) is 13.2. The van der Waals surface area contributed by atoms with Crippen LogP contribution in [0.1, 0.15) is 25.0 Å². The molecule has 0 spiro atoms. The Morgan fingerprint density at radius 1 is 1.35 bits per heavy atom. The molecule has 0 saturated heterocycles. The zero-order chi connectivity index (χ0) is 16.7. The number of nitrogens with one attached hydrogen (secondary N) is 2. The fourth-order valence-corrected chi connectivity index (χ4v) is 2.14. The first-order valence-electron chi connectivity index (χ1n) is 7.40. The van der Waals surface area contributed by atoms with Crippen molar-refractivity contribution in [1.82, 2.24) is 10.2 Å². The Balaban J connectivity index is 2.02. The average Bonchev–Trinajstić information content (AvgIpc) is 2.97. The number of anilines is 2. The van der Waals surface area contributed by atoms with Crippen LogP contribution in [-0.4, -0.2) is 29.4 Å². The number of aromatic nitrogens is 2. The summed E-state index contributed by atoms with van der Waals surface area (Å²) in [6.07, 6.45) is -0.639. The molecule has 1 aromatic heterocycles. The number of carbonyl (C=O) groups excluding carboxylic acids is 1. The molecule has 1 amide bonds. The Morgan fingerprint density at radius 2 is 2.04 bits per heavy atom. The van der Waals surface area contributed by atoms with E-state index >= 15 is 0 Å². The number of hydrogen-bond donors (Lipinski definition) is 2. The van der Waals surface area contributed by atoms with Gasteiger partial charge in [0, 0.05) is 13.1 Å². The monoisotopic (exact) mass is 313 g/mol. The lowest BCUT2D eigenvalue weighted by Gasteiger charge is -2.17. The topological polar surface area (TPSA) is 94.0 Å². The van der Waals surface area contributed by atoms with E-state index in [1.165, 1.54) is 0 Å². The van der Waals surface area contributed by atoms with Crippen LogP contribution in [0.5, 0.6) is 0 Å². The number of hydrogen-bond acceptors (Lipinski definition) is 5. The molecule has 0 bridgehead atoms. The number of rotatable bonds is 6. The lowest BCUT2D eigenvalue weighted by Crippen LogP contribution is -2.23. The molecule has 0 unspecified atom stereocenters. The third-order valence-electron chi connectivity index (χ3n) is 3.36. The van der Waals surface area contributed by atoms with Crippen LogP contribution in [-0.2, 0) is 11.3 Å². The van der Waals surface area contributed by atoms with E-state index in [2.05, 4.69) is 21.6 Å². The molecule has 1 heterocycles. The van der Waals surface area contributed by atoms with Crippen LogP contribution in [0.2, 0.25) is 0 Å². The summed E-state index contributed by atoms with van der Waals surface area (Å²) in [4.78, 5) is 13.8. The number of nitrogens with zero attached hydrogens (tertiary/aromatic N) is 3. The first-order chi connectivity index (χ1) is 11.2. The molecular formula is C16H19N5O2. The summed E-state index contributed by atoms with van der Waals surface area (Å²) in [6, 6.07) is 11.4. The molecule has 7 heteroatoms. The van der Waals surface area contributed by atoms with Gasteiger partial charge in [-0.3, -0.25) is 10.4 Å². The largest absolute Gasteiger partial charge is 0.444 e. The molecule has 0 saturated carbocycles. The van der Waals surface area contributed by atoms with Gasteiger partial charge in [-0.15, -0.1) is 0 Å². The molecule has 0 atom stereocenters. The smallest absolute Gasteiger partial charge is 0.413 e. The second-order valence-corrected chi connectivity index (χ2v) is 4.77. The highest BCUT2D eigenvalue weighted by atomic mass is 16.5. The summed E-state index contributed by atoms with van der Waals surface area (Å²) in [5.74, 6) is 0.767. The number of ether oxygens (including phenoxy) is 1. The highest BCUT2D eigenvalue weighted by molar-refractivity contribution is 5.86. The van der Waals surface area contributed by atoms with Gasteiger partial charge in [0.15, 0.2) is 11.6 Å². The summed E-state index contributed by atoms with van der Waals surface area (Å²) < 4.78 is 5.13. The highest BCUT2D eigenvalue weighted by Crippen LogP contribution is 2.23. The lowest BCUT2D eigenvalue weighted by molar-refractivity contribution is 0.155. The molecule has 0 radical (unpaired) electrons. The molecule has 0 aliphatic rings. The van der Waals surface area contributed by atoms with Crippen molar-refractivity contribution in [1.29, 1.82) is 5.26 Å². The fourth-order valence-electron chi connectivity index (χ4n) is 2.14. The third kappa shape index (κ3) is 4.01. The van der Waals surface area contributed by atoms with Gasteiger partial charge in [0.1, 0.15) is 18.2 Å². The van der Waals surface area contributed by atoms with Gasteiger partial charge in [0.05, 0.1) is 0 Å². The minimum atomic E-state index is -0.639. The number of nitriles is 1. The second kappa shape index (κ2) is 7.84. The van der Waals surface area contributed by atoms with E-state index in [0.717, 1.165) is 5.56 Å². The zero-order valence-corrected chi connectivity index (χ0v) is 13.2. The molecule has 7 nitrogen and oxygen atoms in total. The first-order valence-corrected chi connectivity index (χ1v) is 7.40. The molecule has 2 N–H and O–H groups in total. The van der Waals surface area contributed by atoms with Gasteiger partial charge < -0.3 is 9.64 Å². The van der Waals surface area contributed by atoms with Crippen LogP contribution >= 0.6 is 0 Å². The SMILES string of the molecule is CCN(CC)c1n[nH]c(NC(=O)OCc2ccccc2)c1C#N. The summed E-state index contributed by atoms with van der Waals surface area (Å²) >= 11 is 0. The van der Waals surface area contributed by atoms with Gasteiger partial charge in [-0.2, -0.15) is 10.4 Å². The maximum absolute atomic E-state index is 11.9. The normalized spacial score (nSPS) is 9.96. The van der Waals surface area contributed by atoms with Crippen molar-refractivity contribution in [2.45, 2.75) is 20.5 Å². The Morgan fingerprint density at radius 3 is 2.65 bits per heavy atom. The minimum Gasteiger partial charge on any atom is -0.444 e. The highest BCUT2D eigenvalue weighted by Gasteiger charge is 2.19. The van der Waals surface area contributed by atoms with Crippen LogP contribution in [0.25, 0.3) is 0 Å². The maximum Gasteiger partial charge on any atom is 0.413 e. The van der Waals surface area contributed by atoms with Gasteiger partial charge in [0.2, 0.25) is 0 Å². The van der Waals surface area contributed by atoms with Crippen LogP contribution in [0, 0.1) is 11.3 Å². The van der Waals surface area contributed by atoms with E-state index in [9.17, 15) is 10.1 Å². The minimum absolute atomic E-state index is 0.158. The van der Waals surface area contributed by atoms with Crippen LogP contribution in [0.15, 0.2) is 30.3 Å². The molecule has 2 rings (SSSR count). The fraction of sp³-hybridized carbons (Fsp3) is 0.312. The van der Waals surface area contributed by atoms with Crippen molar-refractivity contribution in [3.63, 3.8) is 0 Å². The van der Waals surface area contributed by atoms with E-state index in [4.69, 9.17) is 4.74 Å². The summed E-state index contributed by atoms with van der Waals surface area (Å²) in [7, 11) is 0. The van der Waals surface area contributed by atoms with Crippen molar-refractivity contribution < 1.29 is 9.53 Å². The number of aromatic amines is 1. The van der Waals surface area contributed by atoms with Crippen LogP contribution in [0.3, 0.4) is 0 Å². The standard InChI is InChI=1S/C16H19N5O2/c1-3-21(4-2)15-13(10-17)14(19-20-15)18-16(22)23-11-12-8-6-5-7-9-12/h5-9H,3-4,11H2,1-2H3,(H2,18,19,20,22). The Labute approximate surface area is 134 Å². The molecule has 0 aliphatic heterocycles. The van der Waals surface area contributed by atoms with E-state index in [0.29, 0.717) is 24.5 Å². The van der Waals surface area contributed by atoms with Crippen molar-refractivity contribution in [2.75, 3.05) is 23.3 Å². The second-order valence-electron chi connectivity index (χ2n) is 4.77. The maximum atomic E-state index is 11.9. The first kappa shape index (κ1) is 16.4. The van der Waals surface area contributed by atoms with Crippen molar-refractivity contribution in [3.05, 3.63) is 41.5 Å². The van der Waals surface area contributed by atoms with E-state index < -0.39 is 6.09 Å². The average molecular weight is 313 g/mol. The van der Waals surface area contributed by atoms with Crippen LogP contribution in [0.4, 0.5) is 16.4 Å². The van der Waals surface area contributed by atoms with E-state index in [-0.39, 0.29) is 12.4 Å². The van der Waals surface area contributed by atoms with Gasteiger partial charge in [-0.1, -0.05) is 30.3 Å². The van der Waals surface area contributed by atoms with Crippen molar-refractivity contribution in [3.8, 4) is 6.07 Å². The summed E-state index contributed by atoms with van der Waals surface area (Å²) in [6.45, 7) is 5.54. The molecule has 120 valence electrons.